The molecule has 1 aliphatic carbocycles. The van der Waals surface area contributed by atoms with Crippen molar-refractivity contribution in [2.75, 3.05) is 26.2 Å². The monoisotopic (exact) mass is 310 g/mol. The second kappa shape index (κ2) is 7.28. The maximum absolute atomic E-state index is 11.7. The maximum atomic E-state index is 11.7. The van der Waals surface area contributed by atoms with Gasteiger partial charge in [0.1, 0.15) is 0 Å². The van der Waals surface area contributed by atoms with Gasteiger partial charge in [-0.15, -0.1) is 0 Å². The second-order valence-corrected chi connectivity index (χ2v) is 7.41. The molecule has 0 unspecified atom stereocenters. The van der Waals surface area contributed by atoms with Gasteiger partial charge in [-0.25, -0.2) is 0 Å². The van der Waals surface area contributed by atoms with Gasteiger partial charge >= 0.3 is 0 Å². The van der Waals surface area contributed by atoms with Gasteiger partial charge in [0.15, 0.2) is 0 Å². The van der Waals surface area contributed by atoms with Crippen molar-refractivity contribution in [3.8, 4) is 0 Å². The van der Waals surface area contributed by atoms with Gasteiger partial charge in [0.05, 0.1) is 12.2 Å². The van der Waals surface area contributed by atoms with Crippen LogP contribution in [-0.2, 0) is 4.79 Å². The summed E-state index contributed by atoms with van der Waals surface area (Å²) in [7, 11) is 0. The van der Waals surface area contributed by atoms with Crippen LogP contribution >= 0.6 is 0 Å². The quantitative estimate of drug-likeness (QED) is 0.795. The first-order chi connectivity index (χ1) is 10.6. The smallest absolute Gasteiger partial charge is 0.222 e. The first-order valence-electron chi connectivity index (χ1n) is 9.01. The SMILES string of the molecule is O=C1CCCN1C[C@H](O)CN1C[C@@H](O)C[C@@H]1C1CCCCC1. The summed E-state index contributed by atoms with van der Waals surface area (Å²) < 4.78 is 0. The molecule has 0 bridgehead atoms. The van der Waals surface area contributed by atoms with Gasteiger partial charge in [-0.3, -0.25) is 9.69 Å². The molecule has 2 saturated heterocycles. The van der Waals surface area contributed by atoms with Gasteiger partial charge in [0, 0.05) is 38.6 Å². The van der Waals surface area contributed by atoms with E-state index in [4.69, 9.17) is 0 Å². The molecule has 2 aliphatic heterocycles. The average Bonchev–Trinajstić information content (AvgIpc) is 3.06. The highest BCUT2D eigenvalue weighted by Crippen LogP contribution is 2.34. The van der Waals surface area contributed by atoms with Crippen LogP contribution in [-0.4, -0.2) is 70.3 Å². The number of hydrogen-bond acceptors (Lipinski definition) is 4. The van der Waals surface area contributed by atoms with E-state index in [-0.39, 0.29) is 12.0 Å². The summed E-state index contributed by atoms with van der Waals surface area (Å²) in [6.45, 7) is 2.49. The molecule has 0 radical (unpaired) electrons. The van der Waals surface area contributed by atoms with Gasteiger partial charge in [-0.1, -0.05) is 19.3 Å². The fraction of sp³-hybridized carbons (Fsp3) is 0.941. The zero-order valence-electron chi connectivity index (χ0n) is 13.5. The number of hydrogen-bond donors (Lipinski definition) is 2. The third-order valence-corrected chi connectivity index (χ3v) is 5.67. The van der Waals surface area contributed by atoms with Crippen molar-refractivity contribution in [1.82, 2.24) is 9.80 Å². The first kappa shape index (κ1) is 16.2. The topological polar surface area (TPSA) is 64.0 Å². The molecule has 1 saturated carbocycles. The van der Waals surface area contributed by atoms with E-state index in [1.807, 2.05) is 0 Å². The Hall–Kier alpha value is -0.650. The minimum Gasteiger partial charge on any atom is -0.392 e. The highest BCUT2D eigenvalue weighted by Gasteiger charge is 2.37. The van der Waals surface area contributed by atoms with E-state index in [2.05, 4.69) is 4.90 Å². The lowest BCUT2D eigenvalue weighted by Crippen LogP contribution is -2.45. The van der Waals surface area contributed by atoms with Gasteiger partial charge in [0.25, 0.3) is 0 Å². The van der Waals surface area contributed by atoms with Crippen molar-refractivity contribution in [3.63, 3.8) is 0 Å². The van der Waals surface area contributed by atoms with E-state index in [1.54, 1.807) is 4.90 Å². The highest BCUT2D eigenvalue weighted by molar-refractivity contribution is 5.78. The summed E-state index contributed by atoms with van der Waals surface area (Å²) in [5.41, 5.74) is 0. The van der Waals surface area contributed by atoms with Crippen LogP contribution in [0.3, 0.4) is 0 Å². The molecule has 3 atom stereocenters. The van der Waals surface area contributed by atoms with E-state index in [9.17, 15) is 15.0 Å². The standard InChI is InChI=1S/C17H30N2O3/c20-14-9-16(13-5-2-1-3-6-13)19(10-14)12-15(21)11-18-8-4-7-17(18)22/h13-16,20-21H,1-12H2/t14-,15-,16+/m0/s1. The fourth-order valence-electron chi connectivity index (χ4n) is 4.61. The number of rotatable bonds is 5. The van der Waals surface area contributed by atoms with Gasteiger partial charge in [-0.05, 0) is 31.6 Å². The Balaban J connectivity index is 1.53. The minimum absolute atomic E-state index is 0.171. The van der Waals surface area contributed by atoms with Crippen molar-refractivity contribution in [3.05, 3.63) is 0 Å². The third-order valence-electron chi connectivity index (χ3n) is 5.67. The van der Waals surface area contributed by atoms with Crippen LogP contribution in [0.4, 0.5) is 0 Å². The molecule has 5 nitrogen and oxygen atoms in total. The number of β-amino-alcohol motifs (C(OH)–C–C–N with tert-alkyl or cyclic N) is 2. The summed E-state index contributed by atoms with van der Waals surface area (Å²) in [5.74, 6) is 0.843. The predicted octanol–water partition coefficient (Wildman–Crippen LogP) is 0.985. The molecular formula is C17H30N2O3. The van der Waals surface area contributed by atoms with Gasteiger partial charge in [0.2, 0.25) is 5.91 Å². The number of nitrogens with zero attached hydrogens (tertiary/aromatic N) is 2. The number of carbonyl (C=O) groups excluding carboxylic acids is 1. The van der Waals surface area contributed by atoms with Crippen LogP contribution in [0.25, 0.3) is 0 Å². The zero-order chi connectivity index (χ0) is 15.5. The van der Waals surface area contributed by atoms with Gasteiger partial charge < -0.3 is 15.1 Å². The molecular weight excluding hydrogens is 280 g/mol. The summed E-state index contributed by atoms with van der Waals surface area (Å²) in [6.07, 6.45) is 8.09. The summed E-state index contributed by atoms with van der Waals surface area (Å²) in [4.78, 5) is 15.7. The second-order valence-electron chi connectivity index (χ2n) is 7.41. The van der Waals surface area contributed by atoms with E-state index < -0.39 is 6.10 Å². The Morgan fingerprint density at radius 3 is 2.59 bits per heavy atom. The van der Waals surface area contributed by atoms with Crippen LogP contribution < -0.4 is 0 Å². The largest absolute Gasteiger partial charge is 0.392 e. The molecule has 0 aromatic rings. The van der Waals surface area contributed by atoms with Gasteiger partial charge in [-0.2, -0.15) is 0 Å². The van der Waals surface area contributed by atoms with E-state index in [0.29, 0.717) is 38.0 Å². The lowest BCUT2D eigenvalue weighted by Gasteiger charge is -2.35. The third kappa shape index (κ3) is 3.81. The molecule has 3 fully saturated rings. The molecule has 0 spiro atoms. The molecule has 126 valence electrons. The minimum atomic E-state index is -0.501. The lowest BCUT2D eigenvalue weighted by molar-refractivity contribution is -0.129. The summed E-state index contributed by atoms with van der Waals surface area (Å²) in [5, 5.41) is 20.4. The highest BCUT2D eigenvalue weighted by atomic mass is 16.3. The number of amides is 1. The maximum Gasteiger partial charge on any atom is 0.222 e. The molecule has 3 rings (SSSR count). The first-order valence-corrected chi connectivity index (χ1v) is 9.01. The fourth-order valence-corrected chi connectivity index (χ4v) is 4.61. The lowest BCUT2D eigenvalue weighted by atomic mass is 9.82. The Labute approximate surface area is 133 Å². The number of likely N-dealkylation sites (tertiary alicyclic amines) is 2. The van der Waals surface area contributed by atoms with Crippen LogP contribution in [0.1, 0.15) is 51.4 Å². The normalized spacial score (nSPS) is 32.8. The molecule has 0 aromatic carbocycles. The summed E-state index contributed by atoms with van der Waals surface area (Å²) >= 11 is 0. The van der Waals surface area contributed by atoms with E-state index in [0.717, 1.165) is 19.4 Å². The van der Waals surface area contributed by atoms with Crippen LogP contribution in [0.5, 0.6) is 0 Å². The predicted molar refractivity (Wildman–Crippen MR) is 84.4 cm³/mol. The van der Waals surface area contributed by atoms with E-state index in [1.165, 1.54) is 32.1 Å². The summed E-state index contributed by atoms with van der Waals surface area (Å²) in [6, 6.07) is 0.416. The zero-order valence-corrected chi connectivity index (χ0v) is 13.5. The molecule has 2 N–H and O–H groups in total. The molecule has 0 aromatic heterocycles. The Bertz CT molecular complexity index is 384. The Morgan fingerprint density at radius 2 is 1.91 bits per heavy atom. The molecule has 5 heteroatoms. The average molecular weight is 310 g/mol. The van der Waals surface area contributed by atoms with E-state index >= 15 is 0 Å². The van der Waals surface area contributed by atoms with Crippen LogP contribution in [0.2, 0.25) is 0 Å². The van der Waals surface area contributed by atoms with Crippen molar-refractivity contribution in [1.29, 1.82) is 0 Å². The molecule has 2 heterocycles. The molecule has 22 heavy (non-hydrogen) atoms. The van der Waals surface area contributed by atoms with Crippen LogP contribution in [0.15, 0.2) is 0 Å². The number of carbonyl (C=O) groups is 1. The van der Waals surface area contributed by atoms with Crippen molar-refractivity contribution in [2.45, 2.75) is 69.6 Å². The number of aliphatic hydroxyl groups is 2. The van der Waals surface area contributed by atoms with Crippen LogP contribution in [0, 0.1) is 5.92 Å². The Morgan fingerprint density at radius 1 is 1.14 bits per heavy atom. The van der Waals surface area contributed by atoms with Crippen molar-refractivity contribution < 1.29 is 15.0 Å². The molecule has 3 aliphatic rings. The van der Waals surface area contributed by atoms with Crippen molar-refractivity contribution in [2.24, 2.45) is 5.92 Å². The van der Waals surface area contributed by atoms with Crippen molar-refractivity contribution >= 4 is 5.91 Å². The molecule has 1 amide bonds. The Kier molecular flexibility index (Phi) is 5.37. The number of aliphatic hydroxyl groups excluding tert-OH is 2.